The van der Waals surface area contributed by atoms with E-state index in [9.17, 15) is 5.25 Å². The molecule has 0 unspecified atom stereocenters. The van der Waals surface area contributed by atoms with Gasteiger partial charge in [-0.05, 0) is 0 Å². The third-order valence-electron chi connectivity index (χ3n) is 0. The molecule has 0 fully saturated rings. The molecule has 0 amide bonds. The average Bonchev–Trinajstić information content (AvgIpc) is 1.25. The van der Waals surface area contributed by atoms with Crippen LogP contribution in [0.5, 0.6) is 0 Å². The summed E-state index contributed by atoms with van der Waals surface area (Å²) in [7, 11) is 0. The fraction of sp³-hybridized carbons (Fsp3) is 0. The summed E-state index contributed by atoms with van der Waals surface area (Å²) in [5.74, 6) is 0. The normalized spacial score (nSPS) is 5.78. The summed E-state index contributed by atoms with van der Waals surface area (Å²) in [5, 5.41) is 0. The smallest absolute Gasteiger partial charge is 2.00 e. The molecule has 0 aromatic carbocycles. The van der Waals surface area contributed by atoms with E-state index in [1.54, 1.807) is 0 Å². The molecule has 0 heterocycles. The van der Waals surface area contributed by atoms with Gasteiger partial charge in [-0.2, -0.15) is 0 Å². The third kappa shape index (κ3) is 166. The predicted molar refractivity (Wildman–Crippen MR) is 9.34 cm³/mol. The Labute approximate surface area is 85.5 Å². The number of hydrogen-bond donors (Lipinski definition) is 0. The van der Waals surface area contributed by atoms with Gasteiger partial charge in [-0.25, -0.2) is 0 Å². The third-order valence-corrected chi connectivity index (χ3v) is 0. The molecule has 9 heavy (non-hydrogen) atoms. The zero-order valence-corrected chi connectivity index (χ0v) is 11.7. The Balaban J connectivity index is -0.0000000720. The molecule has 0 N–H and O–H groups in total. The Morgan fingerprint density at radius 1 is 1.00 bits per heavy atom. The second-order valence-corrected chi connectivity index (χ2v) is 2.81. The quantitative estimate of drug-likeness (QED) is 0.432. The van der Waals surface area contributed by atoms with Crippen LogP contribution in [-0.2, 0) is 51.2 Å². The van der Waals surface area contributed by atoms with E-state index in [1.165, 1.54) is 0 Å². The van der Waals surface area contributed by atoms with E-state index in [0.717, 1.165) is 0 Å². The fourth-order valence-corrected chi connectivity index (χ4v) is 0. The second-order valence-electron chi connectivity index (χ2n) is 0.475. The molecular weight excluding hydrogens is 403 g/mol. The van der Waals surface area contributed by atoms with E-state index in [1.807, 2.05) is 0 Å². The maximum absolute atomic E-state index is 10.1. The molecule has 0 aromatic rings. The Morgan fingerprint density at radius 3 is 1.00 bits per heavy atom. The van der Waals surface area contributed by atoms with Crippen LogP contribution in [-0.4, -0.2) is 23.9 Å². The summed E-state index contributed by atoms with van der Waals surface area (Å²) >= 11 is -9.09. The van der Waals surface area contributed by atoms with Gasteiger partial charge in [0.1, 0.15) is 0 Å². The number of hydrogen-bond acceptors (Lipinski definition) is 4. The molecule has 0 aliphatic rings. The topological polar surface area (TPSA) is 80.3 Å². The van der Waals surface area contributed by atoms with Gasteiger partial charge < -0.3 is 0 Å². The first kappa shape index (κ1) is 17.1. The van der Waals surface area contributed by atoms with E-state index in [4.69, 9.17) is 12.0 Å². The minimum absolute atomic E-state index is 0. The molecule has 0 atom stereocenters. The van der Waals surface area contributed by atoms with Crippen LogP contribution < -0.4 is 6.37 Å². The van der Waals surface area contributed by atoms with Crippen molar-refractivity contribution in [2.75, 3.05) is 0 Å². The summed E-state index contributed by atoms with van der Waals surface area (Å²) < 4.78 is 54.2. The zero-order chi connectivity index (χ0) is 7.15. The van der Waals surface area contributed by atoms with Gasteiger partial charge in [0.25, 0.3) is 0 Å². The Hall–Kier alpha value is 1.94. The van der Waals surface area contributed by atoms with Gasteiger partial charge in [0.05, 0.1) is 0 Å². The van der Waals surface area contributed by atoms with Crippen molar-refractivity contribution < 1.29 is 62.9 Å². The van der Waals surface area contributed by atoms with E-state index < -0.39 is 45.6 Å². The Kier molecular flexibility index (Phi) is 24.0. The molecule has 0 rings (SSSR count). The number of rotatable bonds is 0. The average molecular weight is 403 g/mol. The summed E-state index contributed by atoms with van der Waals surface area (Å²) in [4.78, 5) is 0. The zero-order valence-electron chi connectivity index (χ0n) is 3.89. The summed E-state index contributed by atoms with van der Waals surface area (Å²) in [6, 6.07) is 0. The van der Waals surface area contributed by atoms with Crippen LogP contribution in [0.3, 0.4) is 0 Å². The van der Waals surface area contributed by atoms with Crippen molar-refractivity contribution >= 4 is 23.9 Å². The van der Waals surface area contributed by atoms with Gasteiger partial charge in [-0.1, -0.05) is 0 Å². The standard InChI is InChI=1S/2FH.4O.Sn.2Zr/h2*1H;;;;;;;/q;;;;2*-1;+2;2*+1/p-2. The molecule has 50 valence electrons. The molecule has 0 saturated carbocycles. The van der Waals surface area contributed by atoms with E-state index in [0.29, 0.717) is 0 Å². The van der Waals surface area contributed by atoms with Gasteiger partial charge in [-0.15, -0.1) is 0 Å². The fourth-order valence-electron chi connectivity index (χ4n) is 0. The molecule has 0 saturated heterocycles. The molecule has 9 heteroatoms. The van der Waals surface area contributed by atoms with E-state index >= 15 is 0 Å². The molecular formula is F2O4SnZr2. The van der Waals surface area contributed by atoms with Gasteiger partial charge in [0, 0.05) is 0 Å². The summed E-state index contributed by atoms with van der Waals surface area (Å²) in [5.41, 5.74) is 0. The van der Waals surface area contributed by atoms with Crippen LogP contribution in [0.1, 0.15) is 0 Å². The van der Waals surface area contributed by atoms with Gasteiger partial charge in [0.15, 0.2) is 0 Å². The Morgan fingerprint density at radius 2 is 1.00 bits per heavy atom. The van der Waals surface area contributed by atoms with Crippen LogP contribution in [0, 0.1) is 0 Å². The number of halogens is 2. The first-order chi connectivity index (χ1) is 3.46. The maximum Gasteiger partial charge on any atom is 2.00 e. The molecule has 0 aromatic heterocycles. The van der Waals surface area contributed by atoms with Crippen LogP contribution >= 0.6 is 0 Å². The monoisotopic (exact) mass is 402 g/mol. The minimum atomic E-state index is -4.54. The molecule has 0 aliphatic heterocycles. The first-order valence-electron chi connectivity index (χ1n) is 1.19. The maximum atomic E-state index is 10.1. The molecule has 4 nitrogen and oxygen atoms in total. The van der Waals surface area contributed by atoms with Gasteiger partial charge in [0.2, 0.25) is 0 Å². The van der Waals surface area contributed by atoms with Crippen LogP contribution in [0.15, 0.2) is 0 Å². The summed E-state index contributed by atoms with van der Waals surface area (Å²) in [6.45, 7) is 0. The molecule has 0 bridgehead atoms. The van der Waals surface area contributed by atoms with Crippen molar-refractivity contribution in [2.45, 2.75) is 0 Å². The van der Waals surface area contributed by atoms with Crippen molar-refractivity contribution in [1.82, 2.24) is 0 Å². The van der Waals surface area contributed by atoms with Crippen molar-refractivity contribution in [1.29, 1.82) is 0 Å². The Bertz CT molecular complexity index is 74.6. The second kappa shape index (κ2) is 12.6. The predicted octanol–water partition coefficient (Wildman–Crippen LogP) is -2.16. The minimum Gasteiger partial charge on any atom is 2.00 e. The largest absolute Gasteiger partial charge is 2.00 e. The van der Waals surface area contributed by atoms with Crippen molar-refractivity contribution in [2.24, 2.45) is 0 Å². The van der Waals surface area contributed by atoms with Crippen LogP contribution in [0.25, 0.3) is 0 Å². The van der Waals surface area contributed by atoms with Crippen molar-refractivity contribution in [3.8, 4) is 0 Å². The van der Waals surface area contributed by atoms with Crippen molar-refractivity contribution in [3.63, 3.8) is 0 Å². The van der Waals surface area contributed by atoms with Crippen molar-refractivity contribution in [3.05, 3.63) is 0 Å². The van der Waals surface area contributed by atoms with Gasteiger partial charge in [-0.3, -0.25) is 0 Å². The summed E-state index contributed by atoms with van der Waals surface area (Å²) in [6.07, 6.45) is 0. The SMILES string of the molecule is [O]=[Zr]([O-])[F].[O]=[Zr]([O-])[F].[Sn+2]. The van der Waals surface area contributed by atoms with Crippen LogP contribution in [0.2, 0.25) is 0 Å². The molecule has 0 aliphatic carbocycles. The first-order valence-corrected chi connectivity index (χ1v) is 7.07. The van der Waals surface area contributed by atoms with Crippen LogP contribution in [0.4, 0.5) is 5.25 Å². The van der Waals surface area contributed by atoms with E-state index in [-0.39, 0.29) is 23.9 Å². The van der Waals surface area contributed by atoms with E-state index in [2.05, 4.69) is 0 Å². The molecule has 0 spiro atoms. The van der Waals surface area contributed by atoms with Gasteiger partial charge >= 0.3 is 86.8 Å². The molecule has 2 radical (unpaired) electrons.